The molecule has 0 N–H and O–H groups in total. The van der Waals surface area contributed by atoms with Crippen molar-refractivity contribution in [1.29, 1.82) is 0 Å². The van der Waals surface area contributed by atoms with Crippen molar-refractivity contribution < 1.29 is 23.8 Å². The van der Waals surface area contributed by atoms with Crippen molar-refractivity contribution >= 4 is 34.6 Å². The lowest BCUT2D eigenvalue weighted by Crippen LogP contribution is -2.24. The fraction of sp³-hybridized carbons (Fsp3) is 0.308. The average molecular weight is 651 g/mol. The van der Waals surface area contributed by atoms with Crippen LogP contribution in [0.3, 0.4) is 0 Å². The van der Waals surface area contributed by atoms with E-state index < -0.39 is 5.60 Å². The van der Waals surface area contributed by atoms with E-state index in [1.807, 2.05) is 99.6 Å². The van der Waals surface area contributed by atoms with Crippen molar-refractivity contribution in [2.45, 2.75) is 71.1 Å². The van der Waals surface area contributed by atoms with E-state index in [1.165, 1.54) is 26.4 Å². The third-order valence-corrected chi connectivity index (χ3v) is 8.70. The van der Waals surface area contributed by atoms with Crippen LogP contribution in [-0.4, -0.2) is 34.2 Å². The van der Waals surface area contributed by atoms with Gasteiger partial charge in [-0.25, -0.2) is 14.6 Å². The summed E-state index contributed by atoms with van der Waals surface area (Å²) >= 11 is 6.16. The van der Waals surface area contributed by atoms with Crippen molar-refractivity contribution in [1.82, 2.24) is 9.55 Å². The van der Waals surface area contributed by atoms with Crippen molar-refractivity contribution in [3.05, 3.63) is 107 Å². The van der Waals surface area contributed by atoms with Gasteiger partial charge in [0.05, 0.1) is 29.3 Å². The highest BCUT2D eigenvalue weighted by atomic mass is 35.5. The van der Waals surface area contributed by atoms with E-state index in [0.29, 0.717) is 27.9 Å². The van der Waals surface area contributed by atoms with Crippen LogP contribution in [0, 0.1) is 0 Å². The maximum Gasteiger partial charge on any atom is 0.338 e. The summed E-state index contributed by atoms with van der Waals surface area (Å²) in [6.45, 7) is 5.80. The maximum absolute atomic E-state index is 12.9. The molecule has 0 radical (unpaired) electrons. The molecule has 0 bridgehead atoms. The topological polar surface area (TPSA) is 79.7 Å². The minimum absolute atomic E-state index is 0.241. The van der Waals surface area contributed by atoms with Gasteiger partial charge in [0.2, 0.25) is 0 Å². The van der Waals surface area contributed by atoms with Crippen LogP contribution >= 0.6 is 11.6 Å². The van der Waals surface area contributed by atoms with E-state index in [-0.39, 0.29) is 18.5 Å². The summed E-state index contributed by atoms with van der Waals surface area (Å²) in [6, 6.07) is 27.0. The third-order valence-electron chi connectivity index (χ3n) is 8.45. The molecule has 8 heteroatoms. The molecule has 1 fully saturated rings. The lowest BCUT2D eigenvalue weighted by atomic mass is 9.95. The van der Waals surface area contributed by atoms with Crippen LogP contribution in [-0.2, 0) is 16.1 Å². The monoisotopic (exact) mass is 650 g/mol. The molecule has 5 aromatic rings. The summed E-state index contributed by atoms with van der Waals surface area (Å²) in [4.78, 5) is 30.2. The van der Waals surface area contributed by atoms with Crippen molar-refractivity contribution in [3.8, 4) is 28.3 Å². The molecular formula is C39H39ClN2O5. The summed E-state index contributed by atoms with van der Waals surface area (Å²) in [5.41, 5.74) is 5.85. The molecule has 7 nitrogen and oxygen atoms in total. The second-order valence-corrected chi connectivity index (χ2v) is 13.4. The smallest absolute Gasteiger partial charge is 0.338 e. The molecule has 242 valence electrons. The summed E-state index contributed by atoms with van der Waals surface area (Å²) in [6.07, 6.45) is 5.80. The molecule has 1 aliphatic carbocycles. The highest BCUT2D eigenvalue weighted by Crippen LogP contribution is 2.37. The van der Waals surface area contributed by atoms with Gasteiger partial charge in [-0.1, -0.05) is 49.1 Å². The number of carbonyl (C=O) groups excluding carboxylic acids is 2. The predicted octanol–water partition coefficient (Wildman–Crippen LogP) is 9.85. The zero-order chi connectivity index (χ0) is 33.1. The minimum Gasteiger partial charge on any atom is -0.489 e. The zero-order valence-electron chi connectivity index (χ0n) is 27.2. The van der Waals surface area contributed by atoms with Gasteiger partial charge in [0.25, 0.3) is 0 Å². The molecule has 0 spiro atoms. The van der Waals surface area contributed by atoms with Crippen LogP contribution in [0.25, 0.3) is 33.5 Å². The molecule has 0 amide bonds. The molecule has 4 aromatic carbocycles. The Hall–Kier alpha value is -4.62. The van der Waals surface area contributed by atoms with Crippen LogP contribution in [0.15, 0.2) is 84.9 Å². The number of halogens is 1. The van der Waals surface area contributed by atoms with Crippen LogP contribution in [0.4, 0.5) is 0 Å². The number of rotatable bonds is 8. The van der Waals surface area contributed by atoms with Gasteiger partial charge in [0, 0.05) is 16.6 Å². The Morgan fingerprint density at radius 3 is 2.17 bits per heavy atom. The number of esters is 2. The number of carbonyl (C=O) groups is 2. The lowest BCUT2D eigenvalue weighted by molar-refractivity contribution is 0.00691. The van der Waals surface area contributed by atoms with E-state index in [2.05, 4.69) is 4.57 Å². The fourth-order valence-corrected chi connectivity index (χ4v) is 6.33. The van der Waals surface area contributed by atoms with Gasteiger partial charge in [-0.2, -0.15) is 0 Å². The average Bonchev–Trinajstić information content (AvgIpc) is 3.46. The first-order valence-electron chi connectivity index (χ1n) is 16.1. The van der Waals surface area contributed by atoms with E-state index in [0.717, 1.165) is 52.0 Å². The molecular weight excluding hydrogens is 612 g/mol. The normalized spacial score (nSPS) is 13.8. The minimum atomic E-state index is -0.606. The molecule has 0 saturated heterocycles. The van der Waals surface area contributed by atoms with Gasteiger partial charge in [0.15, 0.2) is 0 Å². The van der Waals surface area contributed by atoms with E-state index in [9.17, 15) is 9.59 Å². The standard InChI is InChI=1S/C39H39ClN2O5/c1-39(2,3)47-38(44)27-14-20-33(25-10-16-30(40)17-11-25)29(22-27)24-46-32-18-12-26(13-19-32)36-41-34-23-28(37(43)45-4)15-21-35(34)42(36)31-8-6-5-7-9-31/h10-23,31H,5-9,24H2,1-4H3. The number of hydrogen-bond acceptors (Lipinski definition) is 6. The van der Waals surface area contributed by atoms with Crippen molar-refractivity contribution in [3.63, 3.8) is 0 Å². The number of aromatic nitrogens is 2. The highest BCUT2D eigenvalue weighted by molar-refractivity contribution is 6.30. The van der Waals surface area contributed by atoms with Crippen LogP contribution < -0.4 is 4.74 Å². The Morgan fingerprint density at radius 2 is 1.49 bits per heavy atom. The first kappa shape index (κ1) is 32.3. The number of hydrogen-bond donors (Lipinski definition) is 0. The second-order valence-electron chi connectivity index (χ2n) is 13.0. The Balaban J connectivity index is 1.29. The number of methoxy groups -OCH3 is 1. The molecule has 0 aliphatic heterocycles. The largest absolute Gasteiger partial charge is 0.489 e. The molecule has 6 rings (SSSR count). The number of fused-ring (bicyclic) bond motifs is 1. The maximum atomic E-state index is 12.9. The second kappa shape index (κ2) is 13.6. The molecule has 1 aromatic heterocycles. The predicted molar refractivity (Wildman–Crippen MR) is 185 cm³/mol. The molecule has 47 heavy (non-hydrogen) atoms. The van der Waals surface area contributed by atoms with Gasteiger partial charge < -0.3 is 18.8 Å². The van der Waals surface area contributed by atoms with Gasteiger partial charge in [-0.05, 0) is 117 Å². The summed E-state index contributed by atoms with van der Waals surface area (Å²) in [5, 5.41) is 0.651. The van der Waals surface area contributed by atoms with E-state index >= 15 is 0 Å². The lowest BCUT2D eigenvalue weighted by Gasteiger charge is -2.25. The first-order chi connectivity index (χ1) is 22.6. The number of benzene rings is 4. The third kappa shape index (κ3) is 7.36. The molecule has 1 saturated carbocycles. The van der Waals surface area contributed by atoms with Gasteiger partial charge >= 0.3 is 11.9 Å². The zero-order valence-corrected chi connectivity index (χ0v) is 28.0. The molecule has 1 heterocycles. The van der Waals surface area contributed by atoms with Crippen LogP contribution in [0.5, 0.6) is 5.75 Å². The quantitative estimate of drug-likeness (QED) is 0.156. The summed E-state index contributed by atoms with van der Waals surface area (Å²) < 4.78 is 19.2. The Labute approximate surface area is 280 Å². The van der Waals surface area contributed by atoms with E-state index in [4.69, 9.17) is 30.8 Å². The Bertz CT molecular complexity index is 1900. The SMILES string of the molecule is COC(=O)c1ccc2c(c1)nc(-c1ccc(OCc3cc(C(=O)OC(C)(C)C)ccc3-c3ccc(Cl)cc3)cc1)n2C1CCCCC1. The summed E-state index contributed by atoms with van der Waals surface area (Å²) in [7, 11) is 1.39. The molecule has 0 unspecified atom stereocenters. The highest BCUT2D eigenvalue weighted by Gasteiger charge is 2.24. The Kier molecular flexibility index (Phi) is 9.37. The number of imidazole rings is 1. The first-order valence-corrected chi connectivity index (χ1v) is 16.4. The van der Waals surface area contributed by atoms with Crippen molar-refractivity contribution in [2.75, 3.05) is 7.11 Å². The molecule has 0 atom stereocenters. The Morgan fingerprint density at radius 1 is 0.830 bits per heavy atom. The number of ether oxygens (including phenoxy) is 3. The van der Waals surface area contributed by atoms with Gasteiger partial charge in [-0.3, -0.25) is 0 Å². The molecule has 1 aliphatic rings. The van der Waals surface area contributed by atoms with Crippen LogP contribution in [0.2, 0.25) is 5.02 Å². The summed E-state index contributed by atoms with van der Waals surface area (Å²) in [5.74, 6) is 0.797. The van der Waals surface area contributed by atoms with Crippen molar-refractivity contribution in [2.24, 2.45) is 0 Å². The van der Waals surface area contributed by atoms with E-state index in [1.54, 1.807) is 6.07 Å². The van der Waals surface area contributed by atoms with Gasteiger partial charge in [-0.15, -0.1) is 0 Å². The van der Waals surface area contributed by atoms with Crippen LogP contribution in [0.1, 0.15) is 85.2 Å². The van der Waals surface area contributed by atoms with Gasteiger partial charge in [0.1, 0.15) is 23.8 Å². The number of nitrogens with zero attached hydrogens (tertiary/aromatic N) is 2. The fourth-order valence-electron chi connectivity index (χ4n) is 6.21.